The van der Waals surface area contributed by atoms with Crippen LogP contribution in [0.3, 0.4) is 0 Å². The third-order valence-corrected chi connectivity index (χ3v) is 3.78. The number of hydrogen-bond acceptors (Lipinski definition) is 3. The predicted octanol–water partition coefficient (Wildman–Crippen LogP) is 4.62. The monoisotopic (exact) mass is 415 g/mol. The van der Waals surface area contributed by atoms with E-state index < -0.39 is 53.2 Å². The lowest BCUT2D eigenvalue weighted by Gasteiger charge is -2.09. The molecule has 1 aromatic heterocycles. The van der Waals surface area contributed by atoms with Gasteiger partial charge in [0, 0.05) is 6.54 Å². The summed E-state index contributed by atoms with van der Waals surface area (Å²) in [7, 11) is 0. The van der Waals surface area contributed by atoms with Crippen molar-refractivity contribution in [1.29, 1.82) is 0 Å². The fourth-order valence-corrected chi connectivity index (χ4v) is 2.30. The van der Waals surface area contributed by atoms with Crippen molar-refractivity contribution in [2.24, 2.45) is 0 Å². The quantitative estimate of drug-likeness (QED) is 0.363. The second-order valence-electron chi connectivity index (χ2n) is 5.76. The van der Waals surface area contributed by atoms with Gasteiger partial charge in [0.25, 0.3) is 5.91 Å². The SMILES string of the molecule is O=C(NCc1ccc(F)cc1)c1ccc(COc2c(F)c(F)c(F)c(F)c2F)o1. The first-order valence-electron chi connectivity index (χ1n) is 8.03. The summed E-state index contributed by atoms with van der Waals surface area (Å²) < 4.78 is 89.0. The highest BCUT2D eigenvalue weighted by Crippen LogP contribution is 2.29. The van der Waals surface area contributed by atoms with E-state index in [0.29, 0.717) is 5.56 Å². The Morgan fingerprint density at radius 3 is 2.03 bits per heavy atom. The fraction of sp³-hybridized carbons (Fsp3) is 0.105. The highest BCUT2D eigenvalue weighted by Gasteiger charge is 2.27. The van der Waals surface area contributed by atoms with Gasteiger partial charge in [-0.05, 0) is 29.8 Å². The molecular formula is C19H11F6NO3. The van der Waals surface area contributed by atoms with Gasteiger partial charge in [-0.2, -0.15) is 8.78 Å². The van der Waals surface area contributed by atoms with E-state index in [0.717, 1.165) is 0 Å². The largest absolute Gasteiger partial charge is 0.479 e. The van der Waals surface area contributed by atoms with Gasteiger partial charge in [-0.25, -0.2) is 17.6 Å². The molecule has 0 fully saturated rings. The van der Waals surface area contributed by atoms with Crippen molar-refractivity contribution in [1.82, 2.24) is 5.32 Å². The molecule has 0 aliphatic rings. The molecule has 2 aromatic carbocycles. The van der Waals surface area contributed by atoms with Crippen LogP contribution in [0.25, 0.3) is 0 Å². The minimum absolute atomic E-state index is 0.0796. The van der Waals surface area contributed by atoms with Crippen molar-refractivity contribution in [3.05, 3.63) is 88.4 Å². The van der Waals surface area contributed by atoms with Gasteiger partial charge in [0.1, 0.15) is 18.2 Å². The summed E-state index contributed by atoms with van der Waals surface area (Å²) in [5, 5.41) is 2.50. The standard InChI is InChI=1S/C19H11F6NO3/c20-10-3-1-9(2-4-10)7-26-19(27)12-6-5-11(29-12)8-28-18-16(24)14(22)13(21)15(23)17(18)25/h1-6H,7-8H2,(H,26,27). The molecule has 4 nitrogen and oxygen atoms in total. The third-order valence-electron chi connectivity index (χ3n) is 3.78. The molecule has 0 spiro atoms. The van der Waals surface area contributed by atoms with Crippen LogP contribution in [-0.2, 0) is 13.2 Å². The molecule has 0 unspecified atom stereocenters. The average Bonchev–Trinajstić information content (AvgIpc) is 3.19. The molecule has 1 N–H and O–H groups in total. The zero-order chi connectivity index (χ0) is 21.1. The van der Waals surface area contributed by atoms with Crippen molar-refractivity contribution in [3.8, 4) is 5.75 Å². The number of furan rings is 1. The van der Waals surface area contributed by atoms with Crippen LogP contribution in [0.4, 0.5) is 26.3 Å². The molecule has 0 bridgehead atoms. The number of hydrogen-bond donors (Lipinski definition) is 1. The number of carbonyl (C=O) groups is 1. The maximum atomic E-state index is 13.6. The predicted molar refractivity (Wildman–Crippen MR) is 86.8 cm³/mol. The van der Waals surface area contributed by atoms with Gasteiger partial charge in [-0.15, -0.1) is 0 Å². The van der Waals surface area contributed by atoms with Crippen LogP contribution in [0.1, 0.15) is 21.9 Å². The molecular weight excluding hydrogens is 404 g/mol. The van der Waals surface area contributed by atoms with Crippen LogP contribution in [0, 0.1) is 34.9 Å². The molecule has 29 heavy (non-hydrogen) atoms. The van der Waals surface area contributed by atoms with Gasteiger partial charge in [-0.1, -0.05) is 12.1 Å². The van der Waals surface area contributed by atoms with E-state index in [-0.39, 0.29) is 18.1 Å². The van der Waals surface area contributed by atoms with Crippen molar-refractivity contribution in [3.63, 3.8) is 0 Å². The Morgan fingerprint density at radius 1 is 0.828 bits per heavy atom. The van der Waals surface area contributed by atoms with E-state index in [2.05, 4.69) is 10.1 Å². The summed E-state index contributed by atoms with van der Waals surface area (Å²) in [4.78, 5) is 12.0. The molecule has 0 radical (unpaired) electrons. The van der Waals surface area contributed by atoms with E-state index >= 15 is 0 Å². The van der Waals surface area contributed by atoms with Gasteiger partial charge in [0.05, 0.1) is 0 Å². The van der Waals surface area contributed by atoms with Crippen LogP contribution < -0.4 is 10.1 Å². The van der Waals surface area contributed by atoms with E-state index in [9.17, 15) is 31.1 Å². The van der Waals surface area contributed by atoms with E-state index in [1.165, 1.54) is 36.4 Å². The van der Waals surface area contributed by atoms with Crippen LogP contribution in [-0.4, -0.2) is 5.91 Å². The Kier molecular flexibility index (Phi) is 5.81. The summed E-state index contributed by atoms with van der Waals surface area (Å²) in [5.74, 6) is -13.6. The van der Waals surface area contributed by atoms with Crippen molar-refractivity contribution >= 4 is 5.91 Å². The average molecular weight is 415 g/mol. The van der Waals surface area contributed by atoms with Gasteiger partial charge in [0.15, 0.2) is 11.5 Å². The Labute approximate surface area is 159 Å². The lowest BCUT2D eigenvalue weighted by atomic mass is 10.2. The first-order valence-corrected chi connectivity index (χ1v) is 8.03. The second kappa shape index (κ2) is 8.29. The van der Waals surface area contributed by atoms with Gasteiger partial charge in [0.2, 0.25) is 29.1 Å². The third kappa shape index (κ3) is 4.36. The van der Waals surface area contributed by atoms with Crippen LogP contribution in [0.2, 0.25) is 0 Å². The molecule has 0 aliphatic heterocycles. The zero-order valence-corrected chi connectivity index (χ0v) is 14.4. The molecule has 10 heteroatoms. The lowest BCUT2D eigenvalue weighted by molar-refractivity contribution is 0.0918. The van der Waals surface area contributed by atoms with E-state index in [4.69, 9.17) is 4.42 Å². The fourth-order valence-electron chi connectivity index (χ4n) is 2.30. The zero-order valence-electron chi connectivity index (χ0n) is 14.4. The Morgan fingerprint density at radius 2 is 1.41 bits per heavy atom. The number of amides is 1. The molecule has 3 aromatic rings. The second-order valence-corrected chi connectivity index (χ2v) is 5.76. The molecule has 0 saturated heterocycles. The summed E-state index contributed by atoms with van der Waals surface area (Å²) >= 11 is 0. The number of rotatable bonds is 6. The maximum absolute atomic E-state index is 13.6. The lowest BCUT2D eigenvalue weighted by Crippen LogP contribution is -2.22. The smallest absolute Gasteiger partial charge is 0.287 e. The minimum Gasteiger partial charge on any atom is -0.479 e. The van der Waals surface area contributed by atoms with Crippen LogP contribution in [0.5, 0.6) is 5.75 Å². The highest BCUT2D eigenvalue weighted by molar-refractivity contribution is 5.91. The molecule has 0 aliphatic carbocycles. The normalized spacial score (nSPS) is 10.8. The summed E-state index contributed by atoms with van der Waals surface area (Å²) in [5.41, 5.74) is 0.626. The van der Waals surface area contributed by atoms with Crippen molar-refractivity contribution < 1.29 is 40.3 Å². The van der Waals surface area contributed by atoms with Gasteiger partial charge < -0.3 is 14.5 Å². The van der Waals surface area contributed by atoms with Crippen molar-refractivity contribution in [2.45, 2.75) is 13.2 Å². The summed E-state index contributed by atoms with van der Waals surface area (Å²) in [6.45, 7) is -0.611. The topological polar surface area (TPSA) is 51.5 Å². The molecule has 0 saturated carbocycles. The Balaban J connectivity index is 1.63. The molecule has 1 heterocycles. The van der Waals surface area contributed by atoms with Crippen LogP contribution >= 0.6 is 0 Å². The summed E-state index contributed by atoms with van der Waals surface area (Å²) in [6, 6.07) is 7.87. The number of carbonyl (C=O) groups excluding carboxylic acids is 1. The highest BCUT2D eigenvalue weighted by atomic mass is 19.2. The maximum Gasteiger partial charge on any atom is 0.287 e. The minimum atomic E-state index is -2.30. The summed E-state index contributed by atoms with van der Waals surface area (Å²) in [6.07, 6.45) is 0. The van der Waals surface area contributed by atoms with Gasteiger partial charge in [-0.3, -0.25) is 4.79 Å². The van der Waals surface area contributed by atoms with Gasteiger partial charge >= 0.3 is 0 Å². The Hall–Kier alpha value is -3.43. The molecule has 152 valence electrons. The Bertz CT molecular complexity index is 1020. The molecule has 3 rings (SSSR count). The van der Waals surface area contributed by atoms with Crippen molar-refractivity contribution in [2.75, 3.05) is 0 Å². The number of ether oxygens (including phenoxy) is 1. The van der Waals surface area contributed by atoms with Crippen LogP contribution in [0.15, 0.2) is 40.8 Å². The first kappa shape index (κ1) is 20.3. The molecule has 0 atom stereocenters. The molecule has 1 amide bonds. The number of halogens is 6. The van der Waals surface area contributed by atoms with E-state index in [1.807, 2.05) is 0 Å². The number of nitrogens with one attached hydrogen (secondary N) is 1. The number of benzene rings is 2. The first-order chi connectivity index (χ1) is 13.8. The van der Waals surface area contributed by atoms with E-state index in [1.54, 1.807) is 0 Å².